The minimum absolute atomic E-state index is 0.854. The predicted octanol–water partition coefficient (Wildman–Crippen LogP) is 3.31. The van der Waals surface area contributed by atoms with E-state index in [0.29, 0.717) is 0 Å². The number of hydrogen-bond acceptors (Lipinski definition) is 2. The van der Waals surface area contributed by atoms with Gasteiger partial charge in [-0.15, -0.1) is 0 Å². The topological polar surface area (TPSA) is 24.9 Å². The van der Waals surface area contributed by atoms with Gasteiger partial charge < -0.3 is 5.32 Å². The zero-order valence-corrected chi connectivity index (χ0v) is 9.70. The van der Waals surface area contributed by atoms with Crippen LogP contribution in [0.2, 0.25) is 0 Å². The van der Waals surface area contributed by atoms with Gasteiger partial charge in [0.2, 0.25) is 0 Å². The number of anilines is 1. The smallest absolute Gasteiger partial charge is 0.0403 e. The highest BCUT2D eigenvalue weighted by Gasteiger charge is 1.97. The van der Waals surface area contributed by atoms with Gasteiger partial charge in [0.25, 0.3) is 0 Å². The Labute approximate surface area is 96.4 Å². The second-order valence-corrected chi connectivity index (χ2v) is 4.03. The first-order valence-electron chi connectivity index (χ1n) is 5.46. The molecule has 1 aromatic carbocycles. The summed E-state index contributed by atoms with van der Waals surface area (Å²) < 4.78 is 0. The molecule has 0 saturated heterocycles. The van der Waals surface area contributed by atoms with Gasteiger partial charge in [0, 0.05) is 24.6 Å². The molecule has 0 radical (unpaired) electrons. The molecule has 0 aliphatic heterocycles. The maximum atomic E-state index is 4.07. The SMILES string of the molecule is Cc1cccc(CNc2ccncc2C)c1. The lowest BCUT2D eigenvalue weighted by molar-refractivity contribution is 1.12. The zero-order valence-electron chi connectivity index (χ0n) is 9.70. The molecule has 2 nitrogen and oxygen atoms in total. The molecule has 0 fully saturated rings. The van der Waals surface area contributed by atoms with Crippen LogP contribution in [-0.4, -0.2) is 4.98 Å². The van der Waals surface area contributed by atoms with E-state index in [9.17, 15) is 0 Å². The molecule has 0 saturated carbocycles. The fourth-order valence-electron chi connectivity index (χ4n) is 1.69. The Morgan fingerprint density at radius 1 is 1.19 bits per heavy atom. The van der Waals surface area contributed by atoms with Crippen LogP contribution in [0.1, 0.15) is 16.7 Å². The van der Waals surface area contributed by atoms with E-state index in [1.165, 1.54) is 16.7 Å². The Morgan fingerprint density at radius 3 is 2.81 bits per heavy atom. The van der Waals surface area contributed by atoms with E-state index in [-0.39, 0.29) is 0 Å². The monoisotopic (exact) mass is 212 g/mol. The lowest BCUT2D eigenvalue weighted by Crippen LogP contribution is -2.01. The molecule has 0 aliphatic carbocycles. The van der Waals surface area contributed by atoms with Gasteiger partial charge in [0.1, 0.15) is 0 Å². The first-order chi connectivity index (χ1) is 7.75. The second kappa shape index (κ2) is 4.79. The van der Waals surface area contributed by atoms with E-state index in [4.69, 9.17) is 0 Å². The minimum atomic E-state index is 0.854. The molecule has 2 aromatic rings. The summed E-state index contributed by atoms with van der Waals surface area (Å²) in [5.74, 6) is 0. The van der Waals surface area contributed by atoms with Crippen molar-refractivity contribution in [1.29, 1.82) is 0 Å². The van der Waals surface area contributed by atoms with Gasteiger partial charge in [-0.1, -0.05) is 29.8 Å². The fourth-order valence-corrected chi connectivity index (χ4v) is 1.69. The van der Waals surface area contributed by atoms with Gasteiger partial charge >= 0.3 is 0 Å². The highest BCUT2D eigenvalue weighted by Crippen LogP contribution is 2.13. The van der Waals surface area contributed by atoms with Crippen LogP contribution in [-0.2, 0) is 6.54 Å². The molecule has 2 rings (SSSR count). The van der Waals surface area contributed by atoms with Crippen molar-refractivity contribution in [2.24, 2.45) is 0 Å². The van der Waals surface area contributed by atoms with E-state index in [0.717, 1.165) is 12.2 Å². The van der Waals surface area contributed by atoms with Crippen molar-refractivity contribution < 1.29 is 0 Å². The summed E-state index contributed by atoms with van der Waals surface area (Å²) in [5, 5.41) is 3.42. The number of rotatable bonds is 3. The molecule has 1 N–H and O–H groups in total. The number of pyridine rings is 1. The molecular weight excluding hydrogens is 196 g/mol. The van der Waals surface area contributed by atoms with Crippen molar-refractivity contribution >= 4 is 5.69 Å². The maximum absolute atomic E-state index is 4.07. The van der Waals surface area contributed by atoms with E-state index >= 15 is 0 Å². The second-order valence-electron chi connectivity index (χ2n) is 4.03. The Bertz CT molecular complexity index is 478. The van der Waals surface area contributed by atoms with Gasteiger partial charge in [-0.25, -0.2) is 0 Å². The summed E-state index contributed by atoms with van der Waals surface area (Å²) in [6.45, 7) is 5.03. The van der Waals surface area contributed by atoms with Crippen LogP contribution >= 0.6 is 0 Å². The van der Waals surface area contributed by atoms with Crippen LogP contribution in [0.3, 0.4) is 0 Å². The Balaban J connectivity index is 2.05. The molecular formula is C14H16N2. The molecule has 0 amide bonds. The van der Waals surface area contributed by atoms with E-state index in [2.05, 4.69) is 48.4 Å². The number of hydrogen-bond donors (Lipinski definition) is 1. The quantitative estimate of drug-likeness (QED) is 0.844. The Kier molecular flexibility index (Phi) is 3.20. The van der Waals surface area contributed by atoms with Crippen LogP contribution in [0.5, 0.6) is 0 Å². The van der Waals surface area contributed by atoms with Crippen molar-refractivity contribution in [2.45, 2.75) is 20.4 Å². The molecule has 0 bridgehead atoms. The van der Waals surface area contributed by atoms with Crippen LogP contribution in [0.15, 0.2) is 42.7 Å². The molecule has 82 valence electrons. The number of benzene rings is 1. The van der Waals surface area contributed by atoms with Gasteiger partial charge in [0.15, 0.2) is 0 Å². The van der Waals surface area contributed by atoms with Crippen LogP contribution in [0.4, 0.5) is 5.69 Å². The van der Waals surface area contributed by atoms with Crippen LogP contribution < -0.4 is 5.32 Å². The zero-order chi connectivity index (χ0) is 11.4. The summed E-state index contributed by atoms with van der Waals surface area (Å²) in [6.07, 6.45) is 3.68. The molecule has 0 aliphatic rings. The van der Waals surface area contributed by atoms with Gasteiger partial charge in [-0.2, -0.15) is 0 Å². The third-order valence-corrected chi connectivity index (χ3v) is 2.59. The summed E-state index contributed by atoms with van der Waals surface area (Å²) in [4.78, 5) is 4.07. The highest BCUT2D eigenvalue weighted by atomic mass is 14.9. The third-order valence-electron chi connectivity index (χ3n) is 2.59. The first kappa shape index (κ1) is 10.7. The van der Waals surface area contributed by atoms with Gasteiger partial charge in [-0.3, -0.25) is 4.98 Å². The fraction of sp³-hybridized carbons (Fsp3) is 0.214. The average molecular weight is 212 g/mol. The summed E-state index contributed by atoms with van der Waals surface area (Å²) >= 11 is 0. The summed E-state index contributed by atoms with van der Waals surface area (Å²) in [7, 11) is 0. The molecule has 1 aromatic heterocycles. The van der Waals surface area contributed by atoms with Crippen molar-refractivity contribution in [2.75, 3.05) is 5.32 Å². The molecule has 1 heterocycles. The number of nitrogens with one attached hydrogen (secondary N) is 1. The normalized spacial score (nSPS) is 10.1. The van der Waals surface area contributed by atoms with Crippen molar-refractivity contribution in [3.8, 4) is 0 Å². The van der Waals surface area contributed by atoms with Crippen molar-refractivity contribution in [3.05, 3.63) is 59.4 Å². The Hall–Kier alpha value is -1.83. The third kappa shape index (κ3) is 2.60. The molecule has 0 unspecified atom stereocenters. The summed E-state index contributed by atoms with van der Waals surface area (Å²) in [5.41, 5.74) is 4.92. The highest BCUT2D eigenvalue weighted by molar-refractivity contribution is 5.49. The molecule has 16 heavy (non-hydrogen) atoms. The van der Waals surface area contributed by atoms with Crippen LogP contribution in [0.25, 0.3) is 0 Å². The average Bonchev–Trinajstić information content (AvgIpc) is 2.28. The number of nitrogens with zero attached hydrogens (tertiary/aromatic N) is 1. The minimum Gasteiger partial charge on any atom is -0.381 e. The first-order valence-corrected chi connectivity index (χ1v) is 5.46. The van der Waals surface area contributed by atoms with Crippen molar-refractivity contribution in [3.63, 3.8) is 0 Å². The lowest BCUT2D eigenvalue weighted by Gasteiger charge is -2.09. The number of aromatic nitrogens is 1. The predicted molar refractivity (Wildman–Crippen MR) is 67.5 cm³/mol. The maximum Gasteiger partial charge on any atom is 0.0403 e. The standard InChI is InChI=1S/C14H16N2/c1-11-4-3-5-13(8-11)10-16-14-6-7-15-9-12(14)2/h3-9H,10H2,1-2H3,(H,15,16). The van der Waals surface area contributed by atoms with Gasteiger partial charge in [-0.05, 0) is 31.0 Å². The largest absolute Gasteiger partial charge is 0.381 e. The Morgan fingerprint density at radius 2 is 2.06 bits per heavy atom. The van der Waals surface area contributed by atoms with E-state index in [1.807, 2.05) is 18.5 Å². The number of aryl methyl sites for hydroxylation is 2. The molecule has 0 atom stereocenters. The molecule has 0 spiro atoms. The van der Waals surface area contributed by atoms with Crippen LogP contribution in [0, 0.1) is 13.8 Å². The van der Waals surface area contributed by atoms with E-state index in [1.54, 1.807) is 0 Å². The summed E-state index contributed by atoms with van der Waals surface area (Å²) in [6, 6.07) is 10.5. The lowest BCUT2D eigenvalue weighted by atomic mass is 10.1. The van der Waals surface area contributed by atoms with Crippen molar-refractivity contribution in [1.82, 2.24) is 4.98 Å². The molecule has 2 heteroatoms. The van der Waals surface area contributed by atoms with Gasteiger partial charge in [0.05, 0.1) is 0 Å². The van der Waals surface area contributed by atoms with E-state index < -0.39 is 0 Å².